The van der Waals surface area contributed by atoms with Crippen molar-refractivity contribution in [2.24, 2.45) is 0 Å². The van der Waals surface area contributed by atoms with Crippen molar-refractivity contribution in [2.45, 2.75) is 37.6 Å². The van der Waals surface area contributed by atoms with Crippen LogP contribution in [0.3, 0.4) is 0 Å². The number of rotatable bonds is 4. The molecule has 8 nitrogen and oxygen atoms in total. The number of esters is 1. The SMILES string of the molecule is CC(=O)Oc1cccc(O[C@H]2O[C@H](CO)[C@@H](O)[C@@H](O)[C@H]2O)c1. The molecular weight excluding hydrogens is 296 g/mol. The van der Waals surface area contributed by atoms with Gasteiger partial charge in [-0.05, 0) is 12.1 Å². The highest BCUT2D eigenvalue weighted by Crippen LogP contribution is 2.26. The third-order valence-electron chi connectivity index (χ3n) is 3.17. The summed E-state index contributed by atoms with van der Waals surface area (Å²) in [5, 5.41) is 38.3. The second kappa shape index (κ2) is 7.03. The van der Waals surface area contributed by atoms with E-state index in [0.29, 0.717) is 0 Å². The first-order valence-corrected chi connectivity index (χ1v) is 6.68. The van der Waals surface area contributed by atoms with Gasteiger partial charge >= 0.3 is 5.97 Å². The van der Waals surface area contributed by atoms with Crippen molar-refractivity contribution in [3.8, 4) is 11.5 Å². The minimum absolute atomic E-state index is 0.225. The average molecular weight is 314 g/mol. The monoisotopic (exact) mass is 314 g/mol. The van der Waals surface area contributed by atoms with Crippen molar-refractivity contribution < 1.29 is 39.4 Å². The summed E-state index contributed by atoms with van der Waals surface area (Å²) in [6.07, 6.45) is -6.82. The zero-order valence-corrected chi connectivity index (χ0v) is 11.8. The van der Waals surface area contributed by atoms with E-state index < -0.39 is 43.3 Å². The van der Waals surface area contributed by atoms with Gasteiger partial charge in [0.15, 0.2) is 0 Å². The van der Waals surface area contributed by atoms with E-state index in [0.717, 1.165) is 0 Å². The van der Waals surface area contributed by atoms with Crippen molar-refractivity contribution in [1.29, 1.82) is 0 Å². The second-order valence-electron chi connectivity index (χ2n) is 4.88. The Labute approximate surface area is 126 Å². The molecule has 0 bridgehead atoms. The van der Waals surface area contributed by atoms with E-state index in [4.69, 9.17) is 19.3 Å². The lowest BCUT2D eigenvalue weighted by atomic mass is 9.99. The Balaban J connectivity index is 2.10. The molecule has 1 aliphatic rings. The summed E-state index contributed by atoms with van der Waals surface area (Å²) in [5.41, 5.74) is 0. The van der Waals surface area contributed by atoms with E-state index in [2.05, 4.69) is 0 Å². The molecule has 1 fully saturated rings. The van der Waals surface area contributed by atoms with E-state index >= 15 is 0 Å². The first-order valence-electron chi connectivity index (χ1n) is 6.68. The second-order valence-corrected chi connectivity index (χ2v) is 4.88. The van der Waals surface area contributed by atoms with E-state index in [-0.39, 0.29) is 11.5 Å². The van der Waals surface area contributed by atoms with Crippen LogP contribution in [0.4, 0.5) is 0 Å². The molecule has 0 amide bonds. The van der Waals surface area contributed by atoms with Crippen LogP contribution in [0.25, 0.3) is 0 Å². The predicted octanol–water partition coefficient (Wildman–Crippen LogP) is -1.21. The number of hydrogen-bond donors (Lipinski definition) is 4. The van der Waals surface area contributed by atoms with Gasteiger partial charge in [-0.2, -0.15) is 0 Å². The highest BCUT2D eigenvalue weighted by Gasteiger charge is 2.44. The highest BCUT2D eigenvalue weighted by atomic mass is 16.7. The van der Waals surface area contributed by atoms with Crippen LogP contribution in [-0.4, -0.2) is 63.7 Å². The molecule has 8 heteroatoms. The summed E-state index contributed by atoms with van der Waals surface area (Å²) >= 11 is 0. The average Bonchev–Trinajstić information content (AvgIpc) is 2.47. The smallest absolute Gasteiger partial charge is 0.308 e. The lowest BCUT2D eigenvalue weighted by Gasteiger charge is -2.39. The zero-order valence-electron chi connectivity index (χ0n) is 11.8. The van der Waals surface area contributed by atoms with Gasteiger partial charge in [-0.1, -0.05) is 6.07 Å². The van der Waals surface area contributed by atoms with Crippen molar-refractivity contribution in [3.05, 3.63) is 24.3 Å². The summed E-state index contributed by atoms with van der Waals surface area (Å²) in [6, 6.07) is 6.05. The number of aliphatic hydroxyl groups excluding tert-OH is 4. The number of carbonyl (C=O) groups excluding carboxylic acids is 1. The van der Waals surface area contributed by atoms with Gasteiger partial charge in [-0.25, -0.2) is 0 Å². The van der Waals surface area contributed by atoms with Crippen LogP contribution < -0.4 is 9.47 Å². The Bertz CT molecular complexity index is 517. The van der Waals surface area contributed by atoms with Crippen LogP contribution in [0.2, 0.25) is 0 Å². The highest BCUT2D eigenvalue weighted by molar-refractivity contribution is 5.69. The third kappa shape index (κ3) is 3.73. The lowest BCUT2D eigenvalue weighted by molar-refractivity contribution is -0.277. The Morgan fingerprint density at radius 3 is 2.50 bits per heavy atom. The van der Waals surface area contributed by atoms with Gasteiger partial charge in [0.1, 0.15) is 35.9 Å². The number of aliphatic hydroxyl groups is 4. The van der Waals surface area contributed by atoms with E-state index in [1.165, 1.54) is 19.1 Å². The van der Waals surface area contributed by atoms with Gasteiger partial charge in [0, 0.05) is 13.0 Å². The van der Waals surface area contributed by atoms with Gasteiger partial charge in [0.25, 0.3) is 0 Å². The van der Waals surface area contributed by atoms with Crippen LogP contribution in [-0.2, 0) is 9.53 Å². The van der Waals surface area contributed by atoms with Crippen molar-refractivity contribution in [1.82, 2.24) is 0 Å². The maximum atomic E-state index is 10.9. The first-order chi connectivity index (χ1) is 10.4. The number of carbonyl (C=O) groups is 1. The molecule has 1 heterocycles. The Morgan fingerprint density at radius 2 is 1.86 bits per heavy atom. The van der Waals surface area contributed by atoms with Crippen molar-refractivity contribution in [2.75, 3.05) is 6.61 Å². The maximum absolute atomic E-state index is 10.9. The van der Waals surface area contributed by atoms with Crippen LogP contribution >= 0.6 is 0 Å². The van der Waals surface area contributed by atoms with Gasteiger partial charge in [0.05, 0.1) is 6.61 Å². The first kappa shape index (κ1) is 16.7. The molecule has 1 aromatic rings. The predicted molar refractivity (Wildman–Crippen MR) is 72.1 cm³/mol. The number of ether oxygens (including phenoxy) is 3. The Morgan fingerprint density at radius 1 is 1.18 bits per heavy atom. The molecule has 122 valence electrons. The summed E-state index contributed by atoms with van der Waals surface area (Å²) in [4.78, 5) is 10.9. The Kier molecular flexibility index (Phi) is 5.33. The summed E-state index contributed by atoms with van der Waals surface area (Å²) in [7, 11) is 0. The minimum Gasteiger partial charge on any atom is -0.462 e. The van der Waals surface area contributed by atoms with Gasteiger partial charge in [-0.3, -0.25) is 4.79 Å². The molecule has 2 rings (SSSR count). The molecule has 5 atom stereocenters. The van der Waals surface area contributed by atoms with Gasteiger partial charge in [-0.15, -0.1) is 0 Å². The fraction of sp³-hybridized carbons (Fsp3) is 0.500. The Hall–Kier alpha value is -1.71. The van der Waals surface area contributed by atoms with Gasteiger partial charge in [0.2, 0.25) is 6.29 Å². The molecule has 1 saturated heterocycles. The molecule has 1 aliphatic heterocycles. The molecule has 0 aliphatic carbocycles. The topological polar surface area (TPSA) is 126 Å². The van der Waals surface area contributed by atoms with Crippen LogP contribution in [0, 0.1) is 0 Å². The van der Waals surface area contributed by atoms with Crippen LogP contribution in [0.1, 0.15) is 6.92 Å². The largest absolute Gasteiger partial charge is 0.462 e. The fourth-order valence-corrected chi connectivity index (χ4v) is 2.08. The van der Waals surface area contributed by atoms with Crippen molar-refractivity contribution >= 4 is 5.97 Å². The molecule has 0 saturated carbocycles. The maximum Gasteiger partial charge on any atom is 0.308 e. The zero-order chi connectivity index (χ0) is 16.3. The number of benzene rings is 1. The molecule has 4 N–H and O–H groups in total. The van der Waals surface area contributed by atoms with E-state index in [1.54, 1.807) is 12.1 Å². The normalized spacial score (nSPS) is 31.6. The van der Waals surface area contributed by atoms with E-state index in [9.17, 15) is 20.1 Å². The molecule has 0 unspecified atom stereocenters. The molecule has 0 aromatic heterocycles. The molecule has 22 heavy (non-hydrogen) atoms. The van der Waals surface area contributed by atoms with Gasteiger partial charge < -0.3 is 34.6 Å². The standard InChI is InChI=1S/C14H18O8/c1-7(16)20-8-3-2-4-9(5-8)21-14-13(19)12(18)11(17)10(6-15)22-14/h2-5,10-15,17-19H,6H2,1H3/t10-,11-,12-,13-,14+/m1/s1. The summed E-state index contributed by atoms with van der Waals surface area (Å²) in [5.74, 6) is -0.0253. The van der Waals surface area contributed by atoms with Crippen molar-refractivity contribution in [3.63, 3.8) is 0 Å². The lowest BCUT2D eigenvalue weighted by Crippen LogP contribution is -2.60. The molecule has 1 aromatic carbocycles. The van der Waals surface area contributed by atoms with E-state index in [1.807, 2.05) is 0 Å². The molecular formula is C14H18O8. The summed E-state index contributed by atoms with van der Waals surface area (Å²) < 4.78 is 15.5. The number of hydrogen-bond acceptors (Lipinski definition) is 8. The molecule has 0 radical (unpaired) electrons. The third-order valence-corrected chi connectivity index (χ3v) is 3.17. The van der Waals surface area contributed by atoms with Crippen LogP contribution in [0.5, 0.6) is 11.5 Å². The fourth-order valence-electron chi connectivity index (χ4n) is 2.08. The minimum atomic E-state index is -1.52. The summed E-state index contributed by atoms with van der Waals surface area (Å²) in [6.45, 7) is 0.712. The molecule has 0 spiro atoms. The quantitative estimate of drug-likeness (QED) is 0.403. The van der Waals surface area contributed by atoms with Crippen LogP contribution in [0.15, 0.2) is 24.3 Å².